The van der Waals surface area contributed by atoms with Crippen LogP contribution in [0, 0.1) is 33.2 Å². The Kier molecular flexibility index (Phi) is 6.54. The van der Waals surface area contributed by atoms with Crippen LogP contribution in [0.5, 0.6) is 0 Å². The van der Waals surface area contributed by atoms with Crippen LogP contribution in [0.4, 0.5) is 15.8 Å². The molecule has 0 bridgehead atoms. The molecule has 0 spiro atoms. The molecule has 0 fully saturated rings. The van der Waals surface area contributed by atoms with Crippen LogP contribution in [0.2, 0.25) is 0 Å². The number of allylic oxidation sites excluding steroid dienone is 1. The number of hydrogen-bond donors (Lipinski definition) is 1. The number of thiazole rings is 1. The standard InChI is InChI=1S/C22H19FN4O2S/c1-14(2)9-15-3-5-16(6-4-15)20-13-30-22(26-20)17(11-24)12-25-19-8-7-18(23)10-21(19)27(28)29/h3-8,10,12-14,25H,9H2,1-2H3. The molecule has 1 N–H and O–H groups in total. The lowest BCUT2D eigenvalue weighted by Gasteiger charge is -2.05. The van der Waals surface area contributed by atoms with Crippen LogP contribution in [0.15, 0.2) is 54.0 Å². The third kappa shape index (κ3) is 5.07. The summed E-state index contributed by atoms with van der Waals surface area (Å²) in [5.74, 6) is -0.129. The predicted molar refractivity (Wildman–Crippen MR) is 116 cm³/mol. The van der Waals surface area contributed by atoms with E-state index < -0.39 is 16.4 Å². The first-order chi connectivity index (χ1) is 14.4. The van der Waals surface area contributed by atoms with Gasteiger partial charge in [0.05, 0.1) is 16.7 Å². The van der Waals surface area contributed by atoms with Gasteiger partial charge in [-0.1, -0.05) is 38.1 Å². The number of nitro groups is 1. The second kappa shape index (κ2) is 9.29. The molecule has 3 rings (SSSR count). The summed E-state index contributed by atoms with van der Waals surface area (Å²) in [6, 6.07) is 13.4. The molecule has 3 aromatic rings. The smallest absolute Gasteiger partial charge is 0.295 e. The van der Waals surface area contributed by atoms with Crippen molar-refractivity contribution in [3.05, 3.63) is 80.5 Å². The van der Waals surface area contributed by atoms with Crippen molar-refractivity contribution in [3.63, 3.8) is 0 Å². The number of halogens is 1. The van der Waals surface area contributed by atoms with Gasteiger partial charge in [-0.15, -0.1) is 11.3 Å². The summed E-state index contributed by atoms with van der Waals surface area (Å²) >= 11 is 1.30. The average Bonchev–Trinajstić information content (AvgIpc) is 3.19. The zero-order chi connectivity index (χ0) is 21.7. The van der Waals surface area contributed by atoms with Crippen molar-refractivity contribution in [3.8, 4) is 17.3 Å². The molecule has 1 heterocycles. The number of aromatic nitrogens is 1. The molecule has 30 heavy (non-hydrogen) atoms. The number of nitriles is 1. The molecule has 152 valence electrons. The molecule has 6 nitrogen and oxygen atoms in total. The molecule has 0 unspecified atom stereocenters. The molecule has 2 aromatic carbocycles. The predicted octanol–water partition coefficient (Wildman–Crippen LogP) is 6.03. The zero-order valence-corrected chi connectivity index (χ0v) is 17.2. The van der Waals surface area contributed by atoms with E-state index in [2.05, 4.69) is 36.3 Å². The molecule has 0 saturated carbocycles. The maximum atomic E-state index is 13.3. The fourth-order valence-corrected chi connectivity index (χ4v) is 3.68. The van der Waals surface area contributed by atoms with E-state index in [4.69, 9.17) is 0 Å². The Morgan fingerprint density at radius 1 is 1.33 bits per heavy atom. The fourth-order valence-electron chi connectivity index (χ4n) is 2.88. The van der Waals surface area contributed by atoms with Gasteiger partial charge in [0.1, 0.15) is 28.2 Å². The highest BCUT2D eigenvalue weighted by atomic mass is 32.1. The van der Waals surface area contributed by atoms with Gasteiger partial charge >= 0.3 is 0 Å². The van der Waals surface area contributed by atoms with E-state index in [1.165, 1.54) is 29.2 Å². The molecule has 0 aliphatic heterocycles. The van der Waals surface area contributed by atoms with Crippen LogP contribution < -0.4 is 5.32 Å². The van der Waals surface area contributed by atoms with Gasteiger partial charge in [0.15, 0.2) is 0 Å². The summed E-state index contributed by atoms with van der Waals surface area (Å²) in [6.07, 6.45) is 2.35. The highest BCUT2D eigenvalue weighted by Crippen LogP contribution is 2.28. The average molecular weight is 422 g/mol. The van der Waals surface area contributed by atoms with Gasteiger partial charge in [0, 0.05) is 17.1 Å². The van der Waals surface area contributed by atoms with Crippen molar-refractivity contribution >= 4 is 28.3 Å². The number of benzene rings is 2. The Morgan fingerprint density at radius 3 is 2.70 bits per heavy atom. The van der Waals surface area contributed by atoms with E-state index in [1.807, 2.05) is 23.6 Å². The Labute approximate surface area is 177 Å². The Morgan fingerprint density at radius 2 is 2.07 bits per heavy atom. The summed E-state index contributed by atoms with van der Waals surface area (Å²) in [5, 5.41) is 25.7. The first-order valence-corrected chi connectivity index (χ1v) is 10.1. The van der Waals surface area contributed by atoms with Gasteiger partial charge < -0.3 is 5.32 Å². The third-order valence-corrected chi connectivity index (χ3v) is 5.15. The number of anilines is 1. The molecule has 8 heteroatoms. The van der Waals surface area contributed by atoms with Gasteiger partial charge in [-0.25, -0.2) is 9.37 Å². The van der Waals surface area contributed by atoms with Crippen LogP contribution in [-0.2, 0) is 6.42 Å². The first kappa shape index (κ1) is 21.1. The Bertz CT molecular complexity index is 1130. The van der Waals surface area contributed by atoms with Crippen molar-refractivity contribution in [1.29, 1.82) is 5.26 Å². The van der Waals surface area contributed by atoms with Crippen LogP contribution in [-0.4, -0.2) is 9.91 Å². The quantitative estimate of drug-likeness (QED) is 0.285. The van der Waals surface area contributed by atoms with Crippen LogP contribution >= 0.6 is 11.3 Å². The third-order valence-electron chi connectivity index (χ3n) is 4.28. The normalized spacial score (nSPS) is 11.4. The number of nitrogens with one attached hydrogen (secondary N) is 1. The Hall–Kier alpha value is -3.57. The Balaban J connectivity index is 1.81. The van der Waals surface area contributed by atoms with E-state index in [1.54, 1.807) is 0 Å². The van der Waals surface area contributed by atoms with Crippen molar-refractivity contribution < 1.29 is 9.31 Å². The van der Waals surface area contributed by atoms with Crippen LogP contribution in [0.3, 0.4) is 0 Å². The summed E-state index contributed by atoms with van der Waals surface area (Å²) < 4.78 is 13.3. The van der Waals surface area contributed by atoms with Crippen molar-refractivity contribution in [2.75, 3.05) is 5.32 Å². The lowest BCUT2D eigenvalue weighted by Crippen LogP contribution is -1.98. The molecule has 0 amide bonds. The maximum Gasteiger partial charge on any atom is 0.295 e. The number of hydrogen-bond acceptors (Lipinski definition) is 6. The highest BCUT2D eigenvalue weighted by Gasteiger charge is 2.15. The topological polar surface area (TPSA) is 91.8 Å². The molecule has 0 radical (unpaired) electrons. The van der Waals surface area contributed by atoms with Crippen molar-refractivity contribution in [2.24, 2.45) is 5.92 Å². The van der Waals surface area contributed by atoms with Gasteiger partial charge in [-0.2, -0.15) is 5.26 Å². The minimum Gasteiger partial charge on any atom is -0.355 e. The minimum atomic E-state index is -0.708. The highest BCUT2D eigenvalue weighted by molar-refractivity contribution is 7.11. The summed E-state index contributed by atoms with van der Waals surface area (Å²) in [5.41, 5.74) is 2.86. The van der Waals surface area contributed by atoms with Gasteiger partial charge in [0.25, 0.3) is 5.69 Å². The minimum absolute atomic E-state index is 0.0895. The molecule has 0 aliphatic rings. The summed E-state index contributed by atoms with van der Waals surface area (Å²) in [7, 11) is 0. The van der Waals surface area contributed by atoms with Gasteiger partial charge in [-0.05, 0) is 30.0 Å². The molecule has 0 saturated heterocycles. The monoisotopic (exact) mass is 422 g/mol. The second-order valence-electron chi connectivity index (χ2n) is 7.07. The number of nitrogens with zero attached hydrogens (tertiary/aromatic N) is 3. The molecule has 0 aliphatic carbocycles. The van der Waals surface area contributed by atoms with E-state index in [0.29, 0.717) is 10.9 Å². The SMILES string of the molecule is CC(C)Cc1ccc(-c2csc(C(C#N)=CNc3ccc(F)cc3[N+](=O)[O-])n2)cc1. The number of rotatable bonds is 7. The van der Waals surface area contributed by atoms with Crippen molar-refractivity contribution in [2.45, 2.75) is 20.3 Å². The molecule has 0 atom stereocenters. The lowest BCUT2D eigenvalue weighted by atomic mass is 10.0. The number of nitro benzene ring substituents is 1. The van der Waals surface area contributed by atoms with Gasteiger partial charge in [0.2, 0.25) is 0 Å². The lowest BCUT2D eigenvalue weighted by molar-refractivity contribution is -0.384. The fraction of sp³-hybridized carbons (Fsp3) is 0.182. The zero-order valence-electron chi connectivity index (χ0n) is 16.4. The van der Waals surface area contributed by atoms with Crippen molar-refractivity contribution in [1.82, 2.24) is 4.98 Å². The summed E-state index contributed by atoms with van der Waals surface area (Å²) in [6.45, 7) is 4.34. The molecular formula is C22H19FN4O2S. The second-order valence-corrected chi connectivity index (χ2v) is 7.92. The maximum absolute atomic E-state index is 13.3. The largest absolute Gasteiger partial charge is 0.355 e. The molecule has 1 aromatic heterocycles. The molecular weight excluding hydrogens is 403 g/mol. The van der Waals surface area contributed by atoms with E-state index in [0.717, 1.165) is 29.8 Å². The van der Waals surface area contributed by atoms with Crippen LogP contribution in [0.25, 0.3) is 16.8 Å². The van der Waals surface area contributed by atoms with E-state index >= 15 is 0 Å². The first-order valence-electron chi connectivity index (χ1n) is 9.23. The van der Waals surface area contributed by atoms with E-state index in [-0.39, 0.29) is 11.3 Å². The summed E-state index contributed by atoms with van der Waals surface area (Å²) in [4.78, 5) is 14.9. The van der Waals surface area contributed by atoms with Gasteiger partial charge in [-0.3, -0.25) is 10.1 Å². The van der Waals surface area contributed by atoms with E-state index in [9.17, 15) is 19.8 Å². The van der Waals surface area contributed by atoms with Crippen LogP contribution in [0.1, 0.15) is 24.4 Å².